The minimum atomic E-state index is -0.354. The normalized spacial score (nSPS) is 16.0. The van der Waals surface area contributed by atoms with E-state index < -0.39 is 0 Å². The summed E-state index contributed by atoms with van der Waals surface area (Å²) in [6, 6.07) is 8.58. The topological polar surface area (TPSA) is 38.5 Å². The Morgan fingerprint density at radius 1 is 1.10 bits per heavy atom. The summed E-state index contributed by atoms with van der Waals surface area (Å²) in [5, 5.41) is 0. The number of nitrogens with zero attached hydrogens (tertiary/aromatic N) is 1. The predicted octanol–water partition coefficient (Wildman–Crippen LogP) is 3.63. The fourth-order valence-corrected chi connectivity index (χ4v) is 3.35. The van der Waals surface area contributed by atoms with Gasteiger partial charge in [-0.1, -0.05) is 46.8 Å². The number of nitrogens with two attached hydrogens (primary N) is 1. The van der Waals surface area contributed by atoms with Gasteiger partial charge in [0.05, 0.1) is 12.6 Å². The zero-order chi connectivity index (χ0) is 16.0. The largest absolute Gasteiger partial charge is 0.497 e. The molecule has 0 aliphatic rings. The lowest BCUT2D eigenvalue weighted by Crippen LogP contribution is -2.58. The van der Waals surface area contributed by atoms with Crippen molar-refractivity contribution < 1.29 is 4.74 Å². The summed E-state index contributed by atoms with van der Waals surface area (Å²) in [6.07, 6.45) is 1.04. The standard InChI is InChI=1S/C18H32N2O/c1-7-17(20(8-2)9-3)18(19,14(4)5)15-10-12-16(21-6)13-11-15/h10-14,17H,7-9,19H2,1-6H3. The van der Waals surface area contributed by atoms with Gasteiger partial charge in [0.1, 0.15) is 5.75 Å². The van der Waals surface area contributed by atoms with Crippen molar-refractivity contribution in [2.75, 3.05) is 20.2 Å². The Morgan fingerprint density at radius 2 is 1.62 bits per heavy atom. The van der Waals surface area contributed by atoms with Gasteiger partial charge in [0.25, 0.3) is 0 Å². The van der Waals surface area contributed by atoms with Gasteiger partial charge in [-0.05, 0) is 43.1 Å². The third kappa shape index (κ3) is 3.58. The second kappa shape index (κ2) is 7.81. The van der Waals surface area contributed by atoms with Gasteiger partial charge < -0.3 is 10.5 Å². The number of hydrogen-bond donors (Lipinski definition) is 1. The monoisotopic (exact) mass is 292 g/mol. The van der Waals surface area contributed by atoms with Crippen molar-refractivity contribution in [2.24, 2.45) is 11.7 Å². The molecule has 3 heteroatoms. The molecule has 1 aromatic carbocycles. The molecule has 0 aliphatic carbocycles. The highest BCUT2D eigenvalue weighted by molar-refractivity contribution is 5.33. The first kappa shape index (κ1) is 18.0. The van der Waals surface area contributed by atoms with E-state index in [1.165, 1.54) is 5.56 Å². The van der Waals surface area contributed by atoms with Crippen LogP contribution < -0.4 is 10.5 Å². The van der Waals surface area contributed by atoms with E-state index in [0.29, 0.717) is 12.0 Å². The average Bonchev–Trinajstić information content (AvgIpc) is 2.51. The van der Waals surface area contributed by atoms with Crippen LogP contribution in [0.2, 0.25) is 0 Å². The Labute approximate surface area is 130 Å². The molecule has 21 heavy (non-hydrogen) atoms. The summed E-state index contributed by atoms with van der Waals surface area (Å²) in [5.41, 5.74) is 7.82. The summed E-state index contributed by atoms with van der Waals surface area (Å²) in [4.78, 5) is 2.48. The highest BCUT2D eigenvalue weighted by atomic mass is 16.5. The number of rotatable bonds is 8. The number of hydrogen-bond acceptors (Lipinski definition) is 3. The van der Waals surface area contributed by atoms with Crippen molar-refractivity contribution in [2.45, 2.75) is 52.6 Å². The van der Waals surface area contributed by atoms with Gasteiger partial charge in [0.15, 0.2) is 0 Å². The molecule has 0 radical (unpaired) electrons. The fourth-order valence-electron chi connectivity index (χ4n) is 3.35. The molecule has 2 atom stereocenters. The van der Waals surface area contributed by atoms with Crippen molar-refractivity contribution >= 4 is 0 Å². The summed E-state index contributed by atoms with van der Waals surface area (Å²) in [5.74, 6) is 1.23. The van der Waals surface area contributed by atoms with Crippen LogP contribution in [0.4, 0.5) is 0 Å². The zero-order valence-electron chi connectivity index (χ0n) is 14.5. The van der Waals surface area contributed by atoms with Gasteiger partial charge >= 0.3 is 0 Å². The molecular weight excluding hydrogens is 260 g/mol. The van der Waals surface area contributed by atoms with Gasteiger partial charge in [0, 0.05) is 6.04 Å². The Balaban J connectivity index is 3.27. The molecule has 2 unspecified atom stereocenters. The van der Waals surface area contributed by atoms with E-state index in [1.54, 1.807) is 7.11 Å². The summed E-state index contributed by atoms with van der Waals surface area (Å²) < 4.78 is 5.27. The summed E-state index contributed by atoms with van der Waals surface area (Å²) >= 11 is 0. The molecule has 3 nitrogen and oxygen atoms in total. The van der Waals surface area contributed by atoms with Crippen molar-refractivity contribution in [3.8, 4) is 5.75 Å². The highest BCUT2D eigenvalue weighted by Crippen LogP contribution is 2.35. The molecule has 0 spiro atoms. The second-order valence-corrected chi connectivity index (χ2v) is 5.96. The maximum Gasteiger partial charge on any atom is 0.118 e. The minimum absolute atomic E-state index is 0.334. The van der Waals surface area contributed by atoms with Crippen LogP contribution in [0.3, 0.4) is 0 Å². The quantitative estimate of drug-likeness (QED) is 0.795. The maximum atomic E-state index is 6.98. The lowest BCUT2D eigenvalue weighted by Gasteiger charge is -2.46. The van der Waals surface area contributed by atoms with Crippen LogP contribution in [0.1, 0.15) is 46.6 Å². The van der Waals surface area contributed by atoms with E-state index in [2.05, 4.69) is 51.7 Å². The van der Waals surface area contributed by atoms with Gasteiger partial charge in [-0.3, -0.25) is 4.90 Å². The van der Waals surface area contributed by atoms with Crippen LogP contribution in [-0.4, -0.2) is 31.1 Å². The lowest BCUT2D eigenvalue weighted by atomic mass is 9.73. The summed E-state index contributed by atoms with van der Waals surface area (Å²) in [6.45, 7) is 13.1. The van der Waals surface area contributed by atoms with Crippen LogP contribution in [0.15, 0.2) is 24.3 Å². The first-order chi connectivity index (χ1) is 9.95. The SMILES string of the molecule is CCC(N(CC)CC)C(N)(c1ccc(OC)cc1)C(C)C. The van der Waals surface area contributed by atoms with Crippen molar-refractivity contribution in [3.63, 3.8) is 0 Å². The van der Waals surface area contributed by atoms with Crippen LogP contribution >= 0.6 is 0 Å². The van der Waals surface area contributed by atoms with E-state index in [0.717, 1.165) is 25.3 Å². The first-order valence-electron chi connectivity index (χ1n) is 8.12. The molecule has 120 valence electrons. The van der Waals surface area contributed by atoms with E-state index in [9.17, 15) is 0 Å². The zero-order valence-corrected chi connectivity index (χ0v) is 14.5. The Hall–Kier alpha value is -1.06. The highest BCUT2D eigenvalue weighted by Gasteiger charge is 2.40. The third-order valence-corrected chi connectivity index (χ3v) is 4.74. The van der Waals surface area contributed by atoms with Crippen LogP contribution in [0.5, 0.6) is 5.75 Å². The molecule has 0 saturated carbocycles. The maximum absolute atomic E-state index is 6.98. The third-order valence-electron chi connectivity index (χ3n) is 4.74. The molecule has 0 saturated heterocycles. The minimum Gasteiger partial charge on any atom is -0.497 e. The summed E-state index contributed by atoms with van der Waals surface area (Å²) in [7, 11) is 1.69. The second-order valence-electron chi connectivity index (χ2n) is 5.96. The van der Waals surface area contributed by atoms with Gasteiger partial charge in [-0.2, -0.15) is 0 Å². The van der Waals surface area contributed by atoms with E-state index in [4.69, 9.17) is 10.5 Å². The smallest absolute Gasteiger partial charge is 0.118 e. The van der Waals surface area contributed by atoms with Crippen molar-refractivity contribution in [1.29, 1.82) is 0 Å². The molecule has 0 amide bonds. The number of benzene rings is 1. The molecular formula is C18H32N2O. The van der Waals surface area contributed by atoms with Gasteiger partial charge in [0.2, 0.25) is 0 Å². The Morgan fingerprint density at radius 3 is 1.95 bits per heavy atom. The number of methoxy groups -OCH3 is 1. The van der Waals surface area contributed by atoms with E-state index in [-0.39, 0.29) is 5.54 Å². The molecule has 1 aromatic rings. The molecule has 2 N–H and O–H groups in total. The molecule has 0 fully saturated rings. The van der Waals surface area contributed by atoms with E-state index >= 15 is 0 Å². The lowest BCUT2D eigenvalue weighted by molar-refractivity contribution is 0.0924. The molecule has 0 aliphatic heterocycles. The van der Waals surface area contributed by atoms with Gasteiger partial charge in [-0.25, -0.2) is 0 Å². The van der Waals surface area contributed by atoms with E-state index in [1.807, 2.05) is 12.1 Å². The Bertz CT molecular complexity index is 412. The molecule has 1 rings (SSSR count). The van der Waals surface area contributed by atoms with Crippen molar-refractivity contribution in [1.82, 2.24) is 4.90 Å². The van der Waals surface area contributed by atoms with Crippen LogP contribution in [0.25, 0.3) is 0 Å². The average molecular weight is 292 g/mol. The van der Waals surface area contributed by atoms with Gasteiger partial charge in [-0.15, -0.1) is 0 Å². The predicted molar refractivity (Wildman–Crippen MR) is 90.7 cm³/mol. The fraction of sp³-hybridized carbons (Fsp3) is 0.667. The Kier molecular flexibility index (Phi) is 6.69. The van der Waals surface area contributed by atoms with Crippen molar-refractivity contribution in [3.05, 3.63) is 29.8 Å². The van der Waals surface area contributed by atoms with Crippen LogP contribution in [0, 0.1) is 5.92 Å². The number of likely N-dealkylation sites (N-methyl/N-ethyl adjacent to an activating group) is 1. The molecule has 0 aromatic heterocycles. The number of ether oxygens (including phenoxy) is 1. The molecule has 0 heterocycles. The van der Waals surface area contributed by atoms with Crippen LogP contribution in [-0.2, 0) is 5.54 Å². The first-order valence-corrected chi connectivity index (χ1v) is 8.12. The molecule has 0 bridgehead atoms.